The zero-order valence-corrected chi connectivity index (χ0v) is 14.1. The molecule has 2 rings (SSSR count). The smallest absolute Gasteiger partial charge is 0.264 e. The Hall–Kier alpha value is -0.780. The topological polar surface area (TPSA) is 46.6 Å². The van der Waals surface area contributed by atoms with Gasteiger partial charge in [0.15, 0.2) is 0 Å². The molecule has 21 heavy (non-hydrogen) atoms. The Balaban J connectivity index is 2.00. The maximum absolute atomic E-state index is 11.6. The zero-order chi connectivity index (χ0) is 15.5. The molecule has 1 aromatic rings. The summed E-state index contributed by atoms with van der Waals surface area (Å²) >= 11 is 0. The van der Waals surface area contributed by atoms with Crippen LogP contribution in [-0.2, 0) is 9.05 Å². The number of ether oxygens (including phenoxy) is 1. The van der Waals surface area contributed by atoms with Crippen molar-refractivity contribution < 1.29 is 13.2 Å². The number of nitrogens with zero attached hydrogens (tertiary/aromatic N) is 1. The quantitative estimate of drug-likeness (QED) is 0.777. The van der Waals surface area contributed by atoms with Crippen molar-refractivity contribution in [1.82, 2.24) is 4.90 Å². The maximum Gasteiger partial charge on any atom is 0.264 e. The van der Waals surface area contributed by atoms with E-state index in [4.69, 9.17) is 15.4 Å². The minimum atomic E-state index is -3.79. The van der Waals surface area contributed by atoms with Crippen LogP contribution in [0.15, 0.2) is 23.1 Å². The van der Waals surface area contributed by atoms with Gasteiger partial charge >= 0.3 is 0 Å². The Morgan fingerprint density at radius 2 is 2.14 bits per heavy atom. The lowest BCUT2D eigenvalue weighted by atomic mass is 10.0. The molecule has 0 aliphatic carbocycles. The molecule has 1 fully saturated rings. The first kappa shape index (κ1) is 16.6. The van der Waals surface area contributed by atoms with Crippen LogP contribution < -0.4 is 4.74 Å². The summed E-state index contributed by atoms with van der Waals surface area (Å²) in [6.07, 6.45) is 4.57. The highest BCUT2D eigenvalue weighted by Gasteiger charge is 2.20. The van der Waals surface area contributed by atoms with E-state index in [9.17, 15) is 8.42 Å². The highest BCUT2D eigenvalue weighted by molar-refractivity contribution is 8.13. The molecule has 1 aliphatic heterocycles. The van der Waals surface area contributed by atoms with Gasteiger partial charge in [-0.3, -0.25) is 0 Å². The summed E-state index contributed by atoms with van der Waals surface area (Å²) in [4.78, 5) is 2.41. The Morgan fingerprint density at radius 1 is 1.38 bits per heavy atom. The number of piperidine rings is 1. The van der Waals surface area contributed by atoms with Gasteiger partial charge in [-0.1, -0.05) is 12.5 Å². The van der Waals surface area contributed by atoms with E-state index >= 15 is 0 Å². The zero-order valence-electron chi connectivity index (χ0n) is 12.5. The lowest BCUT2D eigenvalue weighted by Crippen LogP contribution is -2.37. The molecule has 4 nitrogen and oxygen atoms in total. The Labute approximate surface area is 131 Å². The predicted molar refractivity (Wildman–Crippen MR) is 84.6 cm³/mol. The van der Waals surface area contributed by atoms with Crippen LogP contribution in [0.4, 0.5) is 0 Å². The van der Waals surface area contributed by atoms with E-state index in [1.54, 1.807) is 12.1 Å². The van der Waals surface area contributed by atoms with Crippen LogP contribution in [0.2, 0.25) is 0 Å². The number of hydrogen-bond donors (Lipinski definition) is 0. The van der Waals surface area contributed by atoms with Crippen LogP contribution in [0.25, 0.3) is 0 Å². The molecule has 0 spiro atoms. The molecule has 6 heteroatoms. The van der Waals surface area contributed by atoms with Crippen molar-refractivity contribution in [2.75, 3.05) is 20.2 Å². The van der Waals surface area contributed by atoms with Crippen LogP contribution in [-0.4, -0.2) is 39.6 Å². The molecule has 0 bridgehead atoms. The van der Waals surface area contributed by atoms with Crippen LogP contribution in [0.3, 0.4) is 0 Å². The minimum absolute atomic E-state index is 0.0566. The van der Waals surface area contributed by atoms with Crippen molar-refractivity contribution in [2.45, 2.75) is 43.5 Å². The van der Waals surface area contributed by atoms with Crippen molar-refractivity contribution in [3.63, 3.8) is 0 Å². The van der Waals surface area contributed by atoms with Crippen molar-refractivity contribution in [1.29, 1.82) is 0 Å². The third kappa shape index (κ3) is 4.59. The third-order valence-corrected chi connectivity index (χ3v) is 5.34. The van der Waals surface area contributed by atoms with E-state index in [-0.39, 0.29) is 4.90 Å². The second kappa shape index (κ2) is 6.99. The first-order valence-corrected chi connectivity index (χ1v) is 9.57. The maximum atomic E-state index is 11.6. The van der Waals surface area contributed by atoms with Crippen molar-refractivity contribution in [2.24, 2.45) is 0 Å². The second-order valence-corrected chi connectivity index (χ2v) is 8.19. The van der Waals surface area contributed by atoms with E-state index in [0.29, 0.717) is 18.4 Å². The largest absolute Gasteiger partial charge is 0.492 e. The van der Waals surface area contributed by atoms with Gasteiger partial charge in [0.1, 0.15) is 10.6 Å². The van der Waals surface area contributed by atoms with Gasteiger partial charge in [-0.2, -0.15) is 0 Å². The second-order valence-electron chi connectivity index (χ2n) is 5.66. The summed E-state index contributed by atoms with van der Waals surface area (Å²) in [5.41, 5.74) is 0.841. The molecule has 0 amide bonds. The van der Waals surface area contributed by atoms with Gasteiger partial charge in [0.25, 0.3) is 9.05 Å². The molecule has 1 unspecified atom stereocenters. The molecular weight excluding hydrogens is 310 g/mol. The number of benzene rings is 1. The molecule has 1 atom stereocenters. The number of halogens is 1. The summed E-state index contributed by atoms with van der Waals surface area (Å²) in [6, 6.07) is 5.56. The standard InChI is InChI=1S/C15H22ClNO3S/c1-12-6-7-14(15(11-12)21(16,18)19)20-10-8-13-5-3-4-9-17(13)2/h6-7,11,13H,3-5,8-10H2,1-2H3. The van der Waals surface area contributed by atoms with Crippen LogP contribution in [0.1, 0.15) is 31.2 Å². The average molecular weight is 332 g/mol. The van der Waals surface area contributed by atoms with E-state index in [1.165, 1.54) is 19.3 Å². The average Bonchev–Trinajstić information content (AvgIpc) is 2.41. The van der Waals surface area contributed by atoms with Gasteiger partial charge in [0, 0.05) is 16.7 Å². The fourth-order valence-corrected chi connectivity index (χ4v) is 3.79. The highest BCUT2D eigenvalue weighted by atomic mass is 35.7. The number of rotatable bonds is 5. The number of hydrogen-bond acceptors (Lipinski definition) is 4. The van der Waals surface area contributed by atoms with E-state index < -0.39 is 9.05 Å². The van der Waals surface area contributed by atoms with E-state index in [2.05, 4.69) is 11.9 Å². The minimum Gasteiger partial charge on any atom is -0.492 e. The summed E-state index contributed by atoms with van der Waals surface area (Å²) in [5, 5.41) is 0. The van der Waals surface area contributed by atoms with Crippen LogP contribution >= 0.6 is 10.7 Å². The van der Waals surface area contributed by atoms with Crippen molar-refractivity contribution in [3.8, 4) is 5.75 Å². The van der Waals surface area contributed by atoms with Crippen molar-refractivity contribution in [3.05, 3.63) is 23.8 Å². The van der Waals surface area contributed by atoms with Gasteiger partial charge in [-0.05, 0) is 57.5 Å². The summed E-state index contributed by atoms with van der Waals surface area (Å²) in [6.45, 7) is 3.44. The fraction of sp³-hybridized carbons (Fsp3) is 0.600. The van der Waals surface area contributed by atoms with Gasteiger partial charge in [0.2, 0.25) is 0 Å². The third-order valence-electron chi connectivity index (χ3n) is 3.99. The fourth-order valence-electron chi connectivity index (χ4n) is 2.74. The lowest BCUT2D eigenvalue weighted by molar-refractivity contribution is 0.152. The Kier molecular flexibility index (Phi) is 5.52. The molecule has 0 radical (unpaired) electrons. The van der Waals surface area contributed by atoms with Gasteiger partial charge in [-0.15, -0.1) is 0 Å². The first-order valence-electron chi connectivity index (χ1n) is 7.26. The summed E-state index contributed by atoms with van der Waals surface area (Å²) < 4.78 is 28.9. The SMILES string of the molecule is Cc1ccc(OCCC2CCCCN2C)c(S(=O)(=O)Cl)c1. The highest BCUT2D eigenvalue weighted by Crippen LogP contribution is 2.28. The predicted octanol–water partition coefficient (Wildman–Crippen LogP) is 3.18. The summed E-state index contributed by atoms with van der Waals surface area (Å²) in [7, 11) is 3.81. The number of aryl methyl sites for hydroxylation is 1. The molecule has 0 N–H and O–H groups in total. The molecule has 1 aliphatic rings. The normalized spacial score (nSPS) is 20.4. The molecule has 0 saturated carbocycles. The molecule has 1 aromatic carbocycles. The molecule has 0 aromatic heterocycles. The number of likely N-dealkylation sites (tertiary alicyclic amines) is 1. The molecule has 1 heterocycles. The molecule has 1 saturated heterocycles. The van der Waals surface area contributed by atoms with Gasteiger partial charge in [-0.25, -0.2) is 8.42 Å². The summed E-state index contributed by atoms with van der Waals surface area (Å²) in [5.74, 6) is 0.342. The monoisotopic (exact) mass is 331 g/mol. The van der Waals surface area contributed by atoms with E-state index in [0.717, 1.165) is 18.5 Å². The van der Waals surface area contributed by atoms with E-state index in [1.807, 2.05) is 13.0 Å². The molecule has 118 valence electrons. The Bertz CT molecular complexity index is 589. The van der Waals surface area contributed by atoms with Crippen LogP contribution in [0, 0.1) is 6.92 Å². The molecular formula is C15H22ClNO3S. The van der Waals surface area contributed by atoms with Gasteiger partial charge in [0.05, 0.1) is 6.61 Å². The van der Waals surface area contributed by atoms with Crippen LogP contribution in [0.5, 0.6) is 5.75 Å². The first-order chi connectivity index (χ1) is 9.88. The van der Waals surface area contributed by atoms with Crippen molar-refractivity contribution >= 4 is 19.7 Å². The Morgan fingerprint density at radius 3 is 2.81 bits per heavy atom. The van der Waals surface area contributed by atoms with Gasteiger partial charge < -0.3 is 9.64 Å². The lowest BCUT2D eigenvalue weighted by Gasteiger charge is -2.32.